The molecule has 0 heterocycles. The van der Waals surface area contributed by atoms with Gasteiger partial charge >= 0.3 is 10.4 Å². The van der Waals surface area contributed by atoms with E-state index in [0.717, 1.165) is 51.4 Å². The Morgan fingerprint density at radius 3 is 2.26 bits per heavy atom. The quantitative estimate of drug-likeness (QED) is 0.271. The largest absolute Gasteiger partial charge is 0.397 e. The predicted octanol–water partition coefficient (Wildman–Crippen LogP) is 5.88. The molecule has 0 aliphatic heterocycles. The van der Waals surface area contributed by atoms with Gasteiger partial charge in [0.05, 0.1) is 18.8 Å². The summed E-state index contributed by atoms with van der Waals surface area (Å²) in [4.78, 5) is 0. The molecular weight excluding hydrogens is 452 g/mol. The van der Waals surface area contributed by atoms with Crippen LogP contribution in [0.1, 0.15) is 106 Å². The average Bonchev–Trinajstić information content (AvgIpc) is 3.11. The minimum absolute atomic E-state index is 0.00554. The summed E-state index contributed by atoms with van der Waals surface area (Å²) < 4.78 is 35.5. The lowest BCUT2D eigenvalue weighted by Crippen LogP contribution is -2.52. The molecule has 2 rings (SSSR count). The smallest absolute Gasteiger partial charge is 0.393 e. The highest BCUT2D eigenvalue weighted by Crippen LogP contribution is 2.64. The fraction of sp³-hybridized carbons (Fsp3) is 1.00. The number of rotatable bonds is 13. The van der Waals surface area contributed by atoms with Gasteiger partial charge in [-0.15, -0.1) is 0 Å². The second-order valence-corrected chi connectivity index (χ2v) is 13.6. The van der Waals surface area contributed by atoms with Crippen LogP contribution >= 0.6 is 0 Å². The fourth-order valence-electron chi connectivity index (χ4n) is 7.65. The Morgan fingerprint density at radius 1 is 1.06 bits per heavy atom. The fourth-order valence-corrected chi connectivity index (χ4v) is 7.95. The normalized spacial score (nSPS) is 33.8. The SMILES string of the molecule is CC[C@H](O)CCC(C)(C)C1CC[C@@]2(C)C(CC[C@@H]2[C@H](C)CCOS(=O)(=O)O)C1[C@H](O)[C@@H](C)CC. The number of hydrogen-bond donors (Lipinski definition) is 3. The molecule has 3 N–H and O–H groups in total. The predicted molar refractivity (Wildman–Crippen MR) is 137 cm³/mol. The van der Waals surface area contributed by atoms with Crippen molar-refractivity contribution in [2.24, 2.45) is 46.3 Å². The molecule has 202 valence electrons. The van der Waals surface area contributed by atoms with E-state index < -0.39 is 10.4 Å². The van der Waals surface area contributed by atoms with Crippen LogP contribution in [0, 0.1) is 46.3 Å². The molecule has 9 atom stereocenters. The molecule has 2 saturated carbocycles. The van der Waals surface area contributed by atoms with Gasteiger partial charge in [-0.3, -0.25) is 4.55 Å². The van der Waals surface area contributed by atoms with E-state index in [1.165, 1.54) is 0 Å². The van der Waals surface area contributed by atoms with Gasteiger partial charge < -0.3 is 10.2 Å². The van der Waals surface area contributed by atoms with Gasteiger partial charge in [0, 0.05) is 0 Å². The van der Waals surface area contributed by atoms with Gasteiger partial charge in [-0.1, -0.05) is 54.9 Å². The minimum atomic E-state index is -4.40. The molecule has 2 aliphatic rings. The lowest BCUT2D eigenvalue weighted by molar-refractivity contribution is -0.111. The average molecular weight is 505 g/mol. The summed E-state index contributed by atoms with van der Waals surface area (Å²) in [5.74, 6) is 2.04. The van der Waals surface area contributed by atoms with Crippen molar-refractivity contribution in [3.63, 3.8) is 0 Å². The number of fused-ring (bicyclic) bond motifs is 1. The van der Waals surface area contributed by atoms with E-state index >= 15 is 0 Å². The van der Waals surface area contributed by atoms with Gasteiger partial charge in [0.25, 0.3) is 0 Å². The zero-order valence-corrected chi connectivity index (χ0v) is 23.5. The molecule has 2 aliphatic carbocycles. The minimum Gasteiger partial charge on any atom is -0.393 e. The Morgan fingerprint density at radius 2 is 1.71 bits per heavy atom. The monoisotopic (exact) mass is 504 g/mol. The topological polar surface area (TPSA) is 104 Å². The van der Waals surface area contributed by atoms with Crippen LogP contribution in [0.15, 0.2) is 0 Å². The third kappa shape index (κ3) is 6.96. The number of aliphatic hydroxyl groups is 2. The summed E-state index contributed by atoms with van der Waals surface area (Å²) in [5.41, 5.74) is 0.149. The molecule has 0 aromatic carbocycles. The van der Waals surface area contributed by atoms with Crippen molar-refractivity contribution in [1.82, 2.24) is 0 Å². The van der Waals surface area contributed by atoms with Crippen molar-refractivity contribution in [2.45, 2.75) is 118 Å². The summed E-state index contributed by atoms with van der Waals surface area (Å²) in [7, 11) is -4.40. The van der Waals surface area contributed by atoms with Crippen LogP contribution in [0.5, 0.6) is 0 Å². The molecule has 0 spiro atoms. The van der Waals surface area contributed by atoms with Gasteiger partial charge in [-0.25, -0.2) is 4.18 Å². The first-order valence-electron chi connectivity index (χ1n) is 13.7. The lowest BCUT2D eigenvalue weighted by atomic mass is 9.50. The van der Waals surface area contributed by atoms with E-state index in [9.17, 15) is 18.6 Å². The summed E-state index contributed by atoms with van der Waals surface area (Å²) >= 11 is 0. The van der Waals surface area contributed by atoms with Crippen LogP contribution < -0.4 is 0 Å². The second kappa shape index (κ2) is 11.9. The maximum atomic E-state index is 11.7. The number of aliphatic hydroxyl groups excluding tert-OH is 2. The highest BCUT2D eigenvalue weighted by atomic mass is 32.3. The van der Waals surface area contributed by atoms with Gasteiger partial charge in [-0.2, -0.15) is 8.42 Å². The molecule has 7 heteroatoms. The summed E-state index contributed by atoms with van der Waals surface area (Å²) in [6, 6.07) is 0. The van der Waals surface area contributed by atoms with Crippen molar-refractivity contribution in [3.8, 4) is 0 Å². The highest BCUT2D eigenvalue weighted by Gasteiger charge is 2.58. The van der Waals surface area contributed by atoms with E-state index in [4.69, 9.17) is 4.55 Å². The van der Waals surface area contributed by atoms with Crippen LogP contribution in [0.2, 0.25) is 0 Å². The Kier molecular flexibility index (Phi) is 10.5. The molecule has 0 saturated heterocycles. The maximum Gasteiger partial charge on any atom is 0.397 e. The number of hydrogen-bond acceptors (Lipinski definition) is 5. The second-order valence-electron chi connectivity index (χ2n) is 12.5. The van der Waals surface area contributed by atoms with Gasteiger partial charge in [0.2, 0.25) is 0 Å². The Hall–Kier alpha value is -0.210. The molecule has 0 aromatic rings. The van der Waals surface area contributed by atoms with Crippen molar-refractivity contribution >= 4 is 10.4 Å². The van der Waals surface area contributed by atoms with E-state index in [0.29, 0.717) is 24.2 Å². The Labute approximate surface area is 209 Å². The van der Waals surface area contributed by atoms with E-state index in [1.54, 1.807) is 0 Å². The van der Waals surface area contributed by atoms with E-state index in [-0.39, 0.29) is 47.4 Å². The molecule has 0 aromatic heterocycles. The molecule has 3 unspecified atom stereocenters. The summed E-state index contributed by atoms with van der Waals surface area (Å²) in [5, 5.41) is 21.9. The van der Waals surface area contributed by atoms with Crippen LogP contribution in [0.4, 0.5) is 0 Å². The first-order valence-corrected chi connectivity index (χ1v) is 15.0. The van der Waals surface area contributed by atoms with Crippen molar-refractivity contribution in [2.75, 3.05) is 6.61 Å². The van der Waals surface area contributed by atoms with Gasteiger partial charge in [-0.05, 0) is 97.7 Å². The van der Waals surface area contributed by atoms with Crippen LogP contribution in [0.3, 0.4) is 0 Å². The Balaban J connectivity index is 2.27. The first kappa shape index (κ1) is 30.0. The van der Waals surface area contributed by atoms with Crippen LogP contribution in [-0.2, 0) is 14.6 Å². The Bertz CT molecular complexity index is 737. The molecule has 2 fully saturated rings. The molecule has 34 heavy (non-hydrogen) atoms. The highest BCUT2D eigenvalue weighted by molar-refractivity contribution is 7.80. The summed E-state index contributed by atoms with van der Waals surface area (Å²) in [6.45, 7) is 15.6. The summed E-state index contributed by atoms with van der Waals surface area (Å²) in [6.07, 6.45) is 7.86. The van der Waals surface area contributed by atoms with Crippen molar-refractivity contribution < 1.29 is 27.4 Å². The molecule has 0 radical (unpaired) electrons. The molecule has 0 bridgehead atoms. The molecule has 6 nitrogen and oxygen atoms in total. The zero-order valence-electron chi connectivity index (χ0n) is 22.7. The molecule has 0 amide bonds. The van der Waals surface area contributed by atoms with Crippen LogP contribution in [0.25, 0.3) is 0 Å². The van der Waals surface area contributed by atoms with Crippen molar-refractivity contribution in [3.05, 3.63) is 0 Å². The third-order valence-electron chi connectivity index (χ3n) is 10.1. The standard InChI is InChI=1S/C27H52O6S/c1-8-18(3)25(29)24-22(26(5,6)15-12-20(28)9-2)13-16-27(7)21(10-11-23(24)27)19(4)14-17-33-34(30,31)32/h18-25,28-29H,8-17H2,1-7H3,(H,30,31,32)/t18-,19+,20-,21+,22?,23?,24?,25+,27+/m0/s1. The van der Waals surface area contributed by atoms with E-state index in [1.807, 2.05) is 6.92 Å². The van der Waals surface area contributed by atoms with Crippen molar-refractivity contribution in [1.29, 1.82) is 0 Å². The zero-order chi connectivity index (χ0) is 25.9. The third-order valence-corrected chi connectivity index (χ3v) is 10.6. The van der Waals surface area contributed by atoms with Gasteiger partial charge in [0.1, 0.15) is 0 Å². The maximum absolute atomic E-state index is 11.7. The van der Waals surface area contributed by atoms with Gasteiger partial charge in [0.15, 0.2) is 0 Å². The first-order chi connectivity index (χ1) is 15.7. The molecular formula is C27H52O6S. The van der Waals surface area contributed by atoms with E-state index in [2.05, 4.69) is 45.7 Å². The lowest BCUT2D eigenvalue weighted by Gasteiger charge is -2.56. The van der Waals surface area contributed by atoms with Crippen LogP contribution in [-0.4, -0.2) is 42.0 Å².